The Bertz CT molecular complexity index is 1580. The molecule has 0 aliphatic rings. The number of benzene rings is 3. The monoisotopic (exact) mass is 510 g/mol. The van der Waals surface area contributed by atoms with Gasteiger partial charge in [0.2, 0.25) is 0 Å². The van der Waals surface area contributed by atoms with Crippen LogP contribution in [0.15, 0.2) is 66.7 Å². The van der Waals surface area contributed by atoms with E-state index in [2.05, 4.69) is 18.4 Å². The van der Waals surface area contributed by atoms with E-state index in [9.17, 15) is 0 Å². The molecular weight excluding hydrogens is 480 g/mol. The highest BCUT2D eigenvalue weighted by molar-refractivity contribution is 5.91. The van der Waals surface area contributed by atoms with Gasteiger partial charge < -0.3 is 23.5 Å². The highest BCUT2D eigenvalue weighted by Crippen LogP contribution is 2.37. The van der Waals surface area contributed by atoms with Crippen LogP contribution in [0.2, 0.25) is 0 Å². The van der Waals surface area contributed by atoms with Gasteiger partial charge in [0.1, 0.15) is 28.5 Å². The Morgan fingerprint density at radius 1 is 0.605 bits per heavy atom. The fourth-order valence-electron chi connectivity index (χ4n) is 4.46. The molecule has 0 spiro atoms. The number of methoxy groups -OCH3 is 4. The normalized spacial score (nSPS) is 11.1. The van der Waals surface area contributed by atoms with Gasteiger partial charge in [0.15, 0.2) is 23.0 Å². The quantitative estimate of drug-likeness (QED) is 0.238. The number of fused-ring (bicyclic) bond motifs is 1. The van der Waals surface area contributed by atoms with E-state index < -0.39 is 0 Å². The highest BCUT2D eigenvalue weighted by atomic mass is 16.5. The highest BCUT2D eigenvalue weighted by Gasteiger charge is 2.23. The van der Waals surface area contributed by atoms with Crippen LogP contribution in [-0.2, 0) is 0 Å². The van der Waals surface area contributed by atoms with Crippen LogP contribution in [-0.4, -0.2) is 48.0 Å². The molecule has 0 N–H and O–H groups in total. The number of hydrogen-bond acceptors (Lipinski definition) is 7. The summed E-state index contributed by atoms with van der Waals surface area (Å²) < 4.78 is 23.9. The van der Waals surface area contributed by atoms with Gasteiger partial charge >= 0.3 is 0 Å². The Morgan fingerprint density at radius 2 is 1.18 bits per heavy atom. The number of aromatic nitrogens is 4. The lowest BCUT2D eigenvalue weighted by atomic mass is 10.1. The van der Waals surface area contributed by atoms with Crippen LogP contribution < -0.4 is 18.9 Å². The number of hydrogen-bond donors (Lipinski definition) is 0. The molecule has 5 rings (SSSR count). The van der Waals surface area contributed by atoms with Crippen LogP contribution in [0.5, 0.6) is 23.0 Å². The molecule has 2 aromatic heterocycles. The van der Waals surface area contributed by atoms with Crippen LogP contribution in [0.25, 0.3) is 45.2 Å². The predicted molar refractivity (Wildman–Crippen MR) is 148 cm³/mol. The van der Waals surface area contributed by atoms with Gasteiger partial charge in [-0.2, -0.15) is 0 Å². The molecule has 0 atom stereocenters. The van der Waals surface area contributed by atoms with Gasteiger partial charge in [0, 0.05) is 22.7 Å². The van der Waals surface area contributed by atoms with E-state index in [1.54, 1.807) is 28.4 Å². The molecule has 2 heterocycles. The lowest BCUT2D eigenvalue weighted by Crippen LogP contribution is -2.05. The third-order valence-corrected chi connectivity index (χ3v) is 6.41. The Hall–Kier alpha value is -4.59. The summed E-state index contributed by atoms with van der Waals surface area (Å²) in [5.74, 6) is 4.21. The van der Waals surface area contributed by atoms with E-state index >= 15 is 0 Å². The van der Waals surface area contributed by atoms with Crippen LogP contribution >= 0.6 is 0 Å². The Balaban J connectivity index is 1.80. The smallest absolute Gasteiger partial charge is 0.165 e. The van der Waals surface area contributed by atoms with Crippen LogP contribution in [0.3, 0.4) is 0 Å². The average Bonchev–Trinajstić information content (AvgIpc) is 3.36. The summed E-state index contributed by atoms with van der Waals surface area (Å²) in [5, 5.41) is 0. The van der Waals surface area contributed by atoms with Crippen molar-refractivity contribution < 1.29 is 18.9 Å². The first-order chi connectivity index (χ1) is 18.5. The molecule has 8 heteroatoms. The second-order valence-electron chi connectivity index (χ2n) is 8.99. The summed E-state index contributed by atoms with van der Waals surface area (Å²) in [5.41, 5.74) is 4.89. The molecule has 0 amide bonds. The van der Waals surface area contributed by atoms with Crippen molar-refractivity contribution in [2.24, 2.45) is 0 Å². The lowest BCUT2D eigenvalue weighted by Gasteiger charge is -2.15. The van der Waals surface area contributed by atoms with Gasteiger partial charge in [0.25, 0.3) is 0 Å². The minimum Gasteiger partial charge on any atom is -0.497 e. The SMILES string of the molecule is COc1ccc(-c2nc(-c3ccc(OC)cc3)c3nc(-c4ccc(OC)c(OC)c4)n(C(C)C)c3n2)cc1. The minimum atomic E-state index is 0.0745. The van der Waals surface area contributed by atoms with Crippen molar-refractivity contribution in [2.75, 3.05) is 28.4 Å². The molecule has 8 nitrogen and oxygen atoms in total. The largest absolute Gasteiger partial charge is 0.497 e. The van der Waals surface area contributed by atoms with E-state index in [1.807, 2.05) is 66.7 Å². The zero-order valence-electron chi connectivity index (χ0n) is 22.4. The van der Waals surface area contributed by atoms with Crippen molar-refractivity contribution >= 4 is 11.2 Å². The zero-order chi connectivity index (χ0) is 26.8. The Morgan fingerprint density at radius 3 is 1.74 bits per heavy atom. The molecule has 0 aliphatic heterocycles. The molecule has 0 saturated carbocycles. The van der Waals surface area contributed by atoms with Gasteiger partial charge in [-0.1, -0.05) is 0 Å². The number of rotatable bonds is 8. The number of ether oxygens (including phenoxy) is 4. The minimum absolute atomic E-state index is 0.0745. The topological polar surface area (TPSA) is 80.5 Å². The molecule has 194 valence electrons. The zero-order valence-corrected chi connectivity index (χ0v) is 22.4. The first-order valence-corrected chi connectivity index (χ1v) is 12.3. The summed E-state index contributed by atoms with van der Waals surface area (Å²) in [6.45, 7) is 4.24. The molecule has 5 aromatic rings. The Kier molecular flexibility index (Phi) is 6.87. The molecule has 0 radical (unpaired) electrons. The van der Waals surface area contributed by atoms with Crippen molar-refractivity contribution in [3.8, 4) is 57.0 Å². The molecule has 0 bridgehead atoms. The Labute approximate surface area is 221 Å². The number of nitrogens with zero attached hydrogens (tertiary/aromatic N) is 4. The van der Waals surface area contributed by atoms with Crippen LogP contribution in [0.4, 0.5) is 0 Å². The maximum Gasteiger partial charge on any atom is 0.165 e. The fraction of sp³-hybridized carbons (Fsp3) is 0.233. The van der Waals surface area contributed by atoms with Gasteiger partial charge in [-0.3, -0.25) is 0 Å². The third kappa shape index (κ3) is 4.49. The first kappa shape index (κ1) is 25.1. The maximum atomic E-state index is 5.57. The molecule has 0 fully saturated rings. The predicted octanol–water partition coefficient (Wildman–Crippen LogP) is 6.44. The van der Waals surface area contributed by atoms with E-state index in [-0.39, 0.29) is 6.04 Å². The molecular formula is C30H30N4O4. The van der Waals surface area contributed by atoms with Gasteiger partial charge in [0.05, 0.1) is 28.4 Å². The van der Waals surface area contributed by atoms with Crippen molar-refractivity contribution in [2.45, 2.75) is 19.9 Å². The van der Waals surface area contributed by atoms with E-state index in [4.69, 9.17) is 33.9 Å². The third-order valence-electron chi connectivity index (χ3n) is 6.41. The molecule has 0 aliphatic carbocycles. The summed E-state index contributed by atoms with van der Waals surface area (Å²) in [4.78, 5) is 15.1. The van der Waals surface area contributed by atoms with Crippen LogP contribution in [0.1, 0.15) is 19.9 Å². The van der Waals surface area contributed by atoms with E-state index in [0.717, 1.165) is 45.4 Å². The maximum absolute atomic E-state index is 5.57. The second-order valence-corrected chi connectivity index (χ2v) is 8.99. The van der Waals surface area contributed by atoms with Crippen molar-refractivity contribution in [1.82, 2.24) is 19.5 Å². The molecule has 0 saturated heterocycles. The number of imidazole rings is 1. The van der Waals surface area contributed by atoms with Gasteiger partial charge in [-0.15, -0.1) is 0 Å². The van der Waals surface area contributed by atoms with E-state index in [0.29, 0.717) is 22.8 Å². The summed E-state index contributed by atoms with van der Waals surface area (Å²) in [6.07, 6.45) is 0. The fourth-order valence-corrected chi connectivity index (χ4v) is 4.46. The van der Waals surface area contributed by atoms with Crippen molar-refractivity contribution in [3.05, 3.63) is 66.7 Å². The average molecular weight is 511 g/mol. The summed E-state index contributed by atoms with van der Waals surface area (Å²) >= 11 is 0. The molecule has 0 unspecified atom stereocenters. The standard InChI is InChI=1S/C30H30N4O4/c1-18(2)34-29(21-11-16-24(37-5)25(17-21)38-6)32-27-26(19-7-12-22(35-3)13-8-19)31-28(33-30(27)34)20-9-14-23(36-4)15-10-20/h7-18H,1-6H3. The van der Waals surface area contributed by atoms with Crippen LogP contribution in [0, 0.1) is 0 Å². The molecule has 38 heavy (non-hydrogen) atoms. The van der Waals surface area contributed by atoms with Crippen molar-refractivity contribution in [3.63, 3.8) is 0 Å². The van der Waals surface area contributed by atoms with E-state index in [1.165, 1.54) is 0 Å². The van der Waals surface area contributed by atoms with Crippen molar-refractivity contribution in [1.29, 1.82) is 0 Å². The van der Waals surface area contributed by atoms with Gasteiger partial charge in [-0.05, 0) is 80.6 Å². The summed E-state index contributed by atoms with van der Waals surface area (Å²) in [6, 6.07) is 21.4. The second kappa shape index (κ2) is 10.4. The van der Waals surface area contributed by atoms with Gasteiger partial charge in [-0.25, -0.2) is 15.0 Å². The molecule has 3 aromatic carbocycles. The first-order valence-electron chi connectivity index (χ1n) is 12.3. The lowest BCUT2D eigenvalue weighted by molar-refractivity contribution is 0.355. The summed E-state index contributed by atoms with van der Waals surface area (Å²) in [7, 11) is 6.55.